The summed E-state index contributed by atoms with van der Waals surface area (Å²) in [7, 11) is 0. The molecule has 25 heavy (non-hydrogen) atoms. The molecule has 0 radical (unpaired) electrons. The van der Waals surface area contributed by atoms with Crippen LogP contribution in [0.4, 0.5) is 5.69 Å². The number of anilines is 1. The smallest absolute Gasteiger partial charge is 0.0513 e. The summed E-state index contributed by atoms with van der Waals surface area (Å²) in [5, 5.41) is 12.4. The zero-order valence-corrected chi connectivity index (χ0v) is 15.6. The van der Waals surface area contributed by atoms with Crippen LogP contribution in [0.5, 0.6) is 0 Å². The molecule has 0 saturated heterocycles. The van der Waals surface area contributed by atoms with Gasteiger partial charge in [-0.25, -0.2) is 4.31 Å². The molecule has 130 valence electrons. The number of aromatic amines is 1. The standard InChI is InChI=1S/C18H17Cl2N3OS/c19-12-1-4-14(5-2-12)22-25-23-8-11(10-24)18-15-7-13(20)3-6-16(15)21-17(18)9-23/h1-7,11,21-22,24H,8-10H2. The lowest BCUT2D eigenvalue weighted by molar-refractivity contribution is 0.236. The number of hydrogen-bond acceptors (Lipinski definition) is 4. The summed E-state index contributed by atoms with van der Waals surface area (Å²) in [5.74, 6) is 0.0514. The lowest BCUT2D eigenvalue weighted by Gasteiger charge is -2.31. The first-order valence-electron chi connectivity index (χ1n) is 7.98. The van der Waals surface area contributed by atoms with Crippen molar-refractivity contribution in [1.82, 2.24) is 9.29 Å². The predicted molar refractivity (Wildman–Crippen MR) is 106 cm³/mol. The molecular formula is C18H17Cl2N3OS. The van der Waals surface area contributed by atoms with E-state index in [0.717, 1.165) is 40.4 Å². The maximum Gasteiger partial charge on any atom is 0.0513 e. The zero-order chi connectivity index (χ0) is 17.4. The van der Waals surface area contributed by atoms with E-state index in [4.69, 9.17) is 23.2 Å². The number of nitrogens with zero attached hydrogens (tertiary/aromatic N) is 1. The third-order valence-electron chi connectivity index (χ3n) is 4.41. The van der Waals surface area contributed by atoms with Crippen LogP contribution in [0.15, 0.2) is 42.5 Å². The van der Waals surface area contributed by atoms with Crippen LogP contribution >= 0.6 is 35.3 Å². The van der Waals surface area contributed by atoms with Crippen LogP contribution in [0.3, 0.4) is 0 Å². The SMILES string of the molecule is OCC1CN(SNc2ccc(Cl)cc2)Cc2[nH]c3ccc(Cl)cc3c21. The van der Waals surface area contributed by atoms with Crippen LogP contribution in [0.2, 0.25) is 10.0 Å². The minimum Gasteiger partial charge on any atom is -0.396 e. The number of aromatic nitrogens is 1. The molecule has 0 saturated carbocycles. The van der Waals surface area contributed by atoms with Gasteiger partial charge in [-0.3, -0.25) is 0 Å². The summed E-state index contributed by atoms with van der Waals surface area (Å²) in [4.78, 5) is 3.47. The van der Waals surface area contributed by atoms with Crippen molar-refractivity contribution in [3.63, 3.8) is 0 Å². The lowest BCUT2D eigenvalue weighted by atomic mass is 9.94. The highest BCUT2D eigenvalue weighted by Gasteiger charge is 2.29. The van der Waals surface area contributed by atoms with E-state index in [-0.39, 0.29) is 12.5 Å². The van der Waals surface area contributed by atoms with Crippen LogP contribution in [-0.4, -0.2) is 27.5 Å². The Bertz CT molecular complexity index is 897. The first-order chi connectivity index (χ1) is 12.1. The average Bonchev–Trinajstić information content (AvgIpc) is 2.98. The van der Waals surface area contributed by atoms with E-state index >= 15 is 0 Å². The number of aliphatic hydroxyl groups excluding tert-OH is 1. The molecule has 0 spiro atoms. The Morgan fingerprint density at radius 1 is 1.16 bits per heavy atom. The molecule has 1 unspecified atom stereocenters. The van der Waals surface area contributed by atoms with Crippen molar-refractivity contribution in [2.24, 2.45) is 0 Å². The molecule has 7 heteroatoms. The monoisotopic (exact) mass is 393 g/mol. The van der Waals surface area contributed by atoms with Gasteiger partial charge in [0.05, 0.1) is 13.2 Å². The van der Waals surface area contributed by atoms with Gasteiger partial charge in [-0.05, 0) is 48.0 Å². The van der Waals surface area contributed by atoms with E-state index in [1.807, 2.05) is 42.5 Å². The first kappa shape index (κ1) is 17.1. The predicted octanol–water partition coefficient (Wildman–Crippen LogP) is 5.04. The molecule has 3 N–H and O–H groups in total. The second-order valence-corrected chi connectivity index (χ2v) is 7.89. The van der Waals surface area contributed by atoms with E-state index in [2.05, 4.69) is 14.0 Å². The Morgan fingerprint density at radius 2 is 1.92 bits per heavy atom. The van der Waals surface area contributed by atoms with Gasteiger partial charge in [0.1, 0.15) is 0 Å². The number of aliphatic hydroxyl groups is 1. The van der Waals surface area contributed by atoms with Gasteiger partial charge in [0.25, 0.3) is 0 Å². The lowest BCUT2D eigenvalue weighted by Crippen LogP contribution is -2.31. The Balaban J connectivity index is 1.56. The highest BCUT2D eigenvalue weighted by Crippen LogP contribution is 2.37. The van der Waals surface area contributed by atoms with Crippen LogP contribution in [0, 0.1) is 0 Å². The quantitative estimate of drug-likeness (QED) is 0.543. The fraction of sp³-hybridized carbons (Fsp3) is 0.222. The van der Waals surface area contributed by atoms with Gasteiger partial charge in [0, 0.05) is 56.9 Å². The van der Waals surface area contributed by atoms with Crippen molar-refractivity contribution in [2.75, 3.05) is 17.9 Å². The summed E-state index contributed by atoms with van der Waals surface area (Å²) >= 11 is 13.6. The van der Waals surface area contributed by atoms with Crippen molar-refractivity contribution in [2.45, 2.75) is 12.5 Å². The normalized spacial score (nSPS) is 17.6. The largest absolute Gasteiger partial charge is 0.396 e. The maximum absolute atomic E-state index is 9.90. The first-order valence-corrected chi connectivity index (χ1v) is 9.51. The van der Waals surface area contributed by atoms with Crippen molar-refractivity contribution in [3.8, 4) is 0 Å². The van der Waals surface area contributed by atoms with Gasteiger partial charge < -0.3 is 14.8 Å². The molecule has 4 nitrogen and oxygen atoms in total. The average molecular weight is 394 g/mol. The van der Waals surface area contributed by atoms with E-state index in [0.29, 0.717) is 5.02 Å². The number of rotatable bonds is 4. The molecule has 2 aromatic carbocycles. The van der Waals surface area contributed by atoms with Crippen molar-refractivity contribution >= 4 is 51.9 Å². The second kappa shape index (κ2) is 7.09. The number of hydrogen-bond donors (Lipinski definition) is 3. The van der Waals surface area contributed by atoms with Gasteiger partial charge in [-0.2, -0.15) is 0 Å². The van der Waals surface area contributed by atoms with Crippen LogP contribution < -0.4 is 4.72 Å². The number of H-pyrrole nitrogens is 1. The summed E-state index contributed by atoms with van der Waals surface area (Å²) in [5.41, 5.74) is 4.37. The van der Waals surface area contributed by atoms with Crippen molar-refractivity contribution < 1.29 is 5.11 Å². The van der Waals surface area contributed by atoms with E-state index < -0.39 is 0 Å². The fourth-order valence-electron chi connectivity index (χ4n) is 3.26. The molecule has 3 aromatic rings. The minimum atomic E-state index is 0.0514. The Labute approximate surface area is 160 Å². The van der Waals surface area contributed by atoms with E-state index in [9.17, 15) is 5.11 Å². The Kier molecular flexibility index (Phi) is 4.84. The number of benzene rings is 2. The third kappa shape index (κ3) is 3.48. The van der Waals surface area contributed by atoms with Crippen LogP contribution in [0.1, 0.15) is 17.2 Å². The zero-order valence-electron chi connectivity index (χ0n) is 13.3. The van der Waals surface area contributed by atoms with Crippen LogP contribution in [-0.2, 0) is 6.54 Å². The molecule has 1 atom stereocenters. The molecule has 1 aliphatic heterocycles. The number of fused-ring (bicyclic) bond motifs is 3. The molecule has 1 aromatic heterocycles. The van der Waals surface area contributed by atoms with Gasteiger partial charge in [0.2, 0.25) is 0 Å². The maximum atomic E-state index is 9.90. The summed E-state index contributed by atoms with van der Waals surface area (Å²) in [6.45, 7) is 1.63. The van der Waals surface area contributed by atoms with E-state index in [1.54, 1.807) is 0 Å². The molecule has 4 rings (SSSR count). The number of halogens is 2. The fourth-order valence-corrected chi connectivity index (χ4v) is 4.38. The van der Waals surface area contributed by atoms with Gasteiger partial charge in [-0.15, -0.1) is 0 Å². The van der Waals surface area contributed by atoms with E-state index in [1.165, 1.54) is 17.7 Å². The van der Waals surface area contributed by atoms with Gasteiger partial charge in [-0.1, -0.05) is 23.2 Å². The molecule has 0 amide bonds. The number of nitrogens with one attached hydrogen (secondary N) is 2. The highest BCUT2D eigenvalue weighted by atomic mass is 35.5. The van der Waals surface area contributed by atoms with Gasteiger partial charge >= 0.3 is 0 Å². The Morgan fingerprint density at radius 3 is 2.68 bits per heavy atom. The molecule has 0 bridgehead atoms. The highest BCUT2D eigenvalue weighted by molar-refractivity contribution is 7.98. The van der Waals surface area contributed by atoms with Crippen molar-refractivity contribution in [1.29, 1.82) is 0 Å². The summed E-state index contributed by atoms with van der Waals surface area (Å²) in [6.07, 6.45) is 0. The van der Waals surface area contributed by atoms with Gasteiger partial charge in [0.15, 0.2) is 0 Å². The minimum absolute atomic E-state index is 0.0514. The molecule has 0 aliphatic carbocycles. The third-order valence-corrected chi connectivity index (χ3v) is 5.76. The van der Waals surface area contributed by atoms with Crippen LogP contribution in [0.25, 0.3) is 10.9 Å². The Hall–Kier alpha value is -1.37. The molecule has 0 fully saturated rings. The summed E-state index contributed by atoms with van der Waals surface area (Å²) in [6, 6.07) is 13.5. The topological polar surface area (TPSA) is 51.3 Å². The molecular weight excluding hydrogens is 377 g/mol. The second-order valence-electron chi connectivity index (χ2n) is 6.11. The summed E-state index contributed by atoms with van der Waals surface area (Å²) < 4.78 is 5.53. The molecule has 1 aliphatic rings. The molecule has 2 heterocycles. The van der Waals surface area contributed by atoms with Crippen molar-refractivity contribution in [3.05, 3.63) is 63.8 Å².